The van der Waals surface area contributed by atoms with Gasteiger partial charge >= 0.3 is 0 Å². The molecule has 1 aliphatic carbocycles. The van der Waals surface area contributed by atoms with E-state index >= 15 is 0 Å². The molecule has 3 heteroatoms. The van der Waals surface area contributed by atoms with Crippen LogP contribution in [-0.4, -0.2) is 31.3 Å². The predicted molar refractivity (Wildman–Crippen MR) is 154 cm³/mol. The second-order valence-electron chi connectivity index (χ2n) is 11.8. The lowest BCUT2D eigenvalue weighted by atomic mass is 9.69. The van der Waals surface area contributed by atoms with E-state index in [1.807, 2.05) is 12.1 Å². The van der Waals surface area contributed by atoms with E-state index in [0.29, 0.717) is 23.0 Å². The highest BCUT2D eigenvalue weighted by atomic mass is 16.3. The number of aromatic hydroxyl groups is 1. The van der Waals surface area contributed by atoms with Crippen LogP contribution in [-0.2, 0) is 6.42 Å². The first-order valence-electron chi connectivity index (χ1n) is 14.6. The molecule has 0 aromatic heterocycles. The highest BCUT2D eigenvalue weighted by Crippen LogP contribution is 2.47. The Bertz CT molecular complexity index is 1160. The maximum absolute atomic E-state index is 10.1. The smallest absolute Gasteiger partial charge is 0.115 e. The molecule has 2 saturated heterocycles. The van der Waals surface area contributed by atoms with Gasteiger partial charge in [-0.05, 0) is 129 Å². The van der Waals surface area contributed by atoms with Crippen LogP contribution >= 0.6 is 0 Å². The first kappa shape index (κ1) is 24.6. The number of hydrogen-bond donors (Lipinski definition) is 2. The van der Waals surface area contributed by atoms with Crippen LogP contribution in [0.2, 0.25) is 0 Å². The van der Waals surface area contributed by atoms with Crippen molar-refractivity contribution >= 4 is 5.69 Å². The molecule has 0 saturated carbocycles. The molecule has 3 aliphatic rings. The molecule has 2 atom stereocenters. The van der Waals surface area contributed by atoms with Crippen LogP contribution in [0.1, 0.15) is 85.5 Å². The monoisotopic (exact) mass is 494 g/mol. The summed E-state index contributed by atoms with van der Waals surface area (Å²) in [5.74, 6) is 1.15. The zero-order valence-electron chi connectivity index (χ0n) is 22.2. The second-order valence-corrected chi connectivity index (χ2v) is 11.8. The van der Waals surface area contributed by atoms with E-state index < -0.39 is 0 Å². The van der Waals surface area contributed by atoms with Gasteiger partial charge in [0.2, 0.25) is 0 Å². The van der Waals surface area contributed by atoms with E-state index in [2.05, 4.69) is 70.9 Å². The van der Waals surface area contributed by atoms with Crippen LogP contribution in [0, 0.1) is 5.41 Å². The summed E-state index contributed by atoms with van der Waals surface area (Å²) in [6, 6.07) is 26.6. The van der Waals surface area contributed by atoms with Gasteiger partial charge in [0, 0.05) is 24.7 Å². The lowest BCUT2D eigenvalue weighted by Gasteiger charge is -2.35. The van der Waals surface area contributed by atoms with Crippen molar-refractivity contribution in [1.82, 2.24) is 5.32 Å². The Morgan fingerprint density at radius 3 is 2.30 bits per heavy atom. The topological polar surface area (TPSA) is 35.5 Å². The Morgan fingerprint density at radius 2 is 1.51 bits per heavy atom. The standard InChI is InChI=1S/C34H42N2O/c37-30-14-16-32-28(25-30)11-15-31(26-7-2-1-3-8-26)33(32)27-9-12-29(13-10-27)36-23-6-19-34(20-24-36)17-4-21-35-22-5-18-34/h1-3,7-10,12-14,16,25,31,33,35,37H,4-6,11,15,17-24H2/t31-,33+/m1/s1. The van der Waals surface area contributed by atoms with Gasteiger partial charge in [0.25, 0.3) is 0 Å². The van der Waals surface area contributed by atoms with Crippen molar-refractivity contribution in [3.63, 3.8) is 0 Å². The summed E-state index contributed by atoms with van der Waals surface area (Å²) in [5, 5.41) is 13.7. The van der Waals surface area contributed by atoms with Crippen LogP contribution in [0.3, 0.4) is 0 Å². The van der Waals surface area contributed by atoms with Gasteiger partial charge in [-0.2, -0.15) is 0 Å². The zero-order chi connectivity index (χ0) is 25.1. The first-order valence-corrected chi connectivity index (χ1v) is 14.6. The molecule has 3 nitrogen and oxygen atoms in total. The summed E-state index contributed by atoms with van der Waals surface area (Å²) in [6.07, 6.45) is 11.6. The summed E-state index contributed by atoms with van der Waals surface area (Å²) < 4.78 is 0. The molecule has 0 radical (unpaired) electrons. The highest BCUT2D eigenvalue weighted by molar-refractivity contribution is 5.52. The minimum atomic E-state index is 0.316. The Morgan fingerprint density at radius 1 is 0.757 bits per heavy atom. The normalized spacial score (nSPS) is 24.1. The summed E-state index contributed by atoms with van der Waals surface area (Å²) in [6.45, 7) is 4.75. The third kappa shape index (κ3) is 5.29. The number of phenols is 1. The number of nitrogens with zero attached hydrogens (tertiary/aromatic N) is 1. The average molecular weight is 495 g/mol. The van der Waals surface area contributed by atoms with Crippen LogP contribution in [0.15, 0.2) is 72.8 Å². The number of benzene rings is 3. The number of fused-ring (bicyclic) bond motifs is 1. The van der Waals surface area contributed by atoms with Crippen molar-refractivity contribution in [2.45, 2.75) is 69.6 Å². The number of aryl methyl sites for hydroxylation is 1. The number of hydrogen-bond acceptors (Lipinski definition) is 3. The minimum absolute atomic E-state index is 0.316. The molecule has 2 fully saturated rings. The third-order valence-corrected chi connectivity index (χ3v) is 9.60. The Balaban J connectivity index is 1.25. The Kier molecular flexibility index (Phi) is 7.24. The fraction of sp³-hybridized carbons (Fsp3) is 0.471. The fourth-order valence-corrected chi connectivity index (χ4v) is 7.61. The summed E-state index contributed by atoms with van der Waals surface area (Å²) in [4.78, 5) is 2.65. The van der Waals surface area contributed by atoms with Crippen LogP contribution in [0.25, 0.3) is 0 Å². The van der Waals surface area contributed by atoms with Crippen molar-refractivity contribution < 1.29 is 5.11 Å². The van der Waals surface area contributed by atoms with Gasteiger partial charge in [0.15, 0.2) is 0 Å². The van der Waals surface area contributed by atoms with Crippen molar-refractivity contribution in [3.8, 4) is 5.75 Å². The second kappa shape index (κ2) is 10.9. The number of nitrogens with one attached hydrogen (secondary N) is 1. The molecular weight excluding hydrogens is 452 g/mol. The van der Waals surface area contributed by atoms with Crippen molar-refractivity contribution in [1.29, 1.82) is 0 Å². The van der Waals surface area contributed by atoms with E-state index in [1.165, 1.54) is 99.1 Å². The Labute approximate surface area is 222 Å². The van der Waals surface area contributed by atoms with Crippen LogP contribution in [0.4, 0.5) is 5.69 Å². The van der Waals surface area contributed by atoms with Gasteiger partial charge in [0.05, 0.1) is 0 Å². The van der Waals surface area contributed by atoms with Crippen LogP contribution in [0.5, 0.6) is 5.75 Å². The molecule has 3 aromatic rings. The molecular formula is C34H42N2O. The van der Waals surface area contributed by atoms with E-state index in [9.17, 15) is 5.11 Å². The molecule has 37 heavy (non-hydrogen) atoms. The van der Waals surface area contributed by atoms with Crippen molar-refractivity contribution in [3.05, 3.63) is 95.1 Å². The molecule has 0 bridgehead atoms. The Hall–Kier alpha value is -2.78. The molecule has 2 heterocycles. The fourth-order valence-electron chi connectivity index (χ4n) is 7.61. The first-order chi connectivity index (χ1) is 18.2. The molecule has 0 unspecified atom stereocenters. The van der Waals surface area contributed by atoms with Crippen molar-refractivity contribution in [2.75, 3.05) is 31.1 Å². The van der Waals surface area contributed by atoms with Gasteiger partial charge in [-0.3, -0.25) is 0 Å². The molecule has 194 valence electrons. The molecule has 6 rings (SSSR count). The lowest BCUT2D eigenvalue weighted by Crippen LogP contribution is -2.30. The van der Waals surface area contributed by atoms with Gasteiger partial charge < -0.3 is 15.3 Å². The van der Waals surface area contributed by atoms with E-state index in [4.69, 9.17) is 0 Å². The number of anilines is 1. The molecule has 1 spiro atoms. The van der Waals surface area contributed by atoms with Gasteiger partial charge in [0.1, 0.15) is 5.75 Å². The van der Waals surface area contributed by atoms with Crippen molar-refractivity contribution in [2.24, 2.45) is 5.41 Å². The largest absolute Gasteiger partial charge is 0.508 e. The number of phenolic OH excluding ortho intramolecular Hbond substituents is 1. The van der Waals surface area contributed by atoms with E-state index in [-0.39, 0.29) is 0 Å². The molecule has 3 aromatic carbocycles. The third-order valence-electron chi connectivity index (χ3n) is 9.60. The summed E-state index contributed by atoms with van der Waals surface area (Å²) in [5.41, 5.74) is 7.43. The molecule has 0 amide bonds. The van der Waals surface area contributed by atoms with Gasteiger partial charge in [-0.25, -0.2) is 0 Å². The van der Waals surface area contributed by atoms with E-state index in [0.717, 1.165) is 12.8 Å². The zero-order valence-corrected chi connectivity index (χ0v) is 22.2. The number of rotatable bonds is 3. The van der Waals surface area contributed by atoms with Gasteiger partial charge in [-0.15, -0.1) is 0 Å². The molecule has 2 aliphatic heterocycles. The summed E-state index contributed by atoms with van der Waals surface area (Å²) in [7, 11) is 0. The average Bonchev–Trinajstić information content (AvgIpc) is 3.14. The maximum Gasteiger partial charge on any atom is 0.115 e. The van der Waals surface area contributed by atoms with Gasteiger partial charge in [-0.1, -0.05) is 48.5 Å². The maximum atomic E-state index is 10.1. The minimum Gasteiger partial charge on any atom is -0.508 e. The quantitative estimate of drug-likeness (QED) is 0.398. The van der Waals surface area contributed by atoms with Crippen LogP contribution < -0.4 is 10.2 Å². The lowest BCUT2D eigenvalue weighted by molar-refractivity contribution is 0.189. The SMILES string of the molecule is Oc1ccc2c(c1)CC[C@H](c1ccccc1)[C@@H]2c1ccc(N2CCCC3(CCCNCCC3)CC2)cc1. The molecule has 2 N–H and O–H groups in total. The highest BCUT2D eigenvalue weighted by Gasteiger charge is 2.34. The van der Waals surface area contributed by atoms with E-state index in [1.54, 1.807) is 0 Å². The summed E-state index contributed by atoms with van der Waals surface area (Å²) >= 11 is 0. The predicted octanol–water partition coefficient (Wildman–Crippen LogP) is 7.39.